The van der Waals surface area contributed by atoms with E-state index in [4.69, 9.17) is 4.74 Å². The highest BCUT2D eigenvalue weighted by atomic mass is 35.5. The molecule has 0 aliphatic heterocycles. The molecule has 1 heterocycles. The minimum Gasteiger partial charge on any atom is -0.455 e. The normalized spacial score (nSPS) is 36.2. The number of ether oxygens (including phenoxy) is 1. The van der Waals surface area contributed by atoms with E-state index >= 15 is 0 Å². The van der Waals surface area contributed by atoms with Crippen LogP contribution in [0.15, 0.2) is 24.5 Å². The Hall–Kier alpha value is -1.42. The van der Waals surface area contributed by atoms with Gasteiger partial charge < -0.3 is 4.74 Å². The van der Waals surface area contributed by atoms with Crippen molar-refractivity contribution in [1.29, 1.82) is 0 Å². The van der Waals surface area contributed by atoms with Crippen molar-refractivity contribution in [2.45, 2.75) is 37.7 Å². The van der Waals surface area contributed by atoms with E-state index in [0.717, 1.165) is 32.1 Å². The fourth-order valence-corrected chi connectivity index (χ4v) is 4.54. The number of halogens is 1. The van der Waals surface area contributed by atoms with Crippen LogP contribution in [0.25, 0.3) is 0 Å². The maximum absolute atomic E-state index is 12.3. The second-order valence-electron chi connectivity index (χ2n) is 6.56. The topological polar surface area (TPSA) is 56.3 Å². The summed E-state index contributed by atoms with van der Waals surface area (Å²) in [6.45, 7) is 0. The van der Waals surface area contributed by atoms with Gasteiger partial charge in [0.1, 0.15) is 11.4 Å². The number of aromatic nitrogens is 1. The summed E-state index contributed by atoms with van der Waals surface area (Å²) in [5.74, 6) is 0.930. The number of carbonyl (C=O) groups excluding carboxylic acids is 2. The molecule has 1 aromatic rings. The molecule has 4 aliphatic rings. The van der Waals surface area contributed by atoms with Crippen molar-refractivity contribution >= 4 is 24.2 Å². The smallest absolute Gasteiger partial charge is 0.340 e. The third kappa shape index (κ3) is 2.35. The van der Waals surface area contributed by atoms with Gasteiger partial charge in [-0.15, -0.1) is 12.4 Å². The molecule has 4 saturated carbocycles. The summed E-state index contributed by atoms with van der Waals surface area (Å²) in [5, 5.41) is 0. The van der Waals surface area contributed by atoms with Crippen LogP contribution in [0.1, 0.15) is 42.5 Å². The summed E-state index contributed by atoms with van der Waals surface area (Å²) in [6.07, 6.45) is 7.56. The molecule has 0 N–H and O–H groups in total. The fourth-order valence-electron chi connectivity index (χ4n) is 4.54. The molecule has 0 spiro atoms. The van der Waals surface area contributed by atoms with Crippen LogP contribution in [0.2, 0.25) is 0 Å². The highest BCUT2D eigenvalue weighted by Crippen LogP contribution is 2.55. The molecule has 0 amide bonds. The molecule has 0 radical (unpaired) electrons. The van der Waals surface area contributed by atoms with Crippen molar-refractivity contribution in [2.75, 3.05) is 0 Å². The van der Waals surface area contributed by atoms with Gasteiger partial charge in [-0.2, -0.15) is 0 Å². The van der Waals surface area contributed by atoms with Gasteiger partial charge in [0.15, 0.2) is 0 Å². The summed E-state index contributed by atoms with van der Waals surface area (Å²) in [7, 11) is 0. The fraction of sp³-hybridized carbons (Fsp3) is 0.562. The van der Waals surface area contributed by atoms with Gasteiger partial charge in [-0.25, -0.2) is 4.79 Å². The first-order valence-electron chi connectivity index (χ1n) is 7.32. The molecule has 4 aliphatic carbocycles. The summed E-state index contributed by atoms with van der Waals surface area (Å²) < 4.78 is 5.85. The SMILES string of the molecule is Cl.O=C(OC12CC3CC(C1)C(=O)C(C3)C2)c1cccnc1. The third-order valence-electron chi connectivity index (χ3n) is 5.14. The van der Waals surface area contributed by atoms with Gasteiger partial charge in [-0.1, -0.05) is 0 Å². The zero-order valence-electron chi connectivity index (χ0n) is 11.7. The Kier molecular flexibility index (Phi) is 3.52. The van der Waals surface area contributed by atoms with Crippen LogP contribution >= 0.6 is 12.4 Å². The predicted molar refractivity (Wildman–Crippen MR) is 78.2 cm³/mol. The first kappa shape index (κ1) is 14.5. The number of ketones is 1. The molecule has 112 valence electrons. The van der Waals surface area contributed by atoms with Crippen LogP contribution in [0.4, 0.5) is 0 Å². The Balaban J connectivity index is 0.00000132. The van der Waals surface area contributed by atoms with Crippen LogP contribution < -0.4 is 0 Å². The van der Waals surface area contributed by atoms with Gasteiger partial charge in [-0.3, -0.25) is 9.78 Å². The van der Waals surface area contributed by atoms with Crippen LogP contribution in [0.5, 0.6) is 0 Å². The van der Waals surface area contributed by atoms with Gasteiger partial charge in [-0.05, 0) is 50.2 Å². The lowest BCUT2D eigenvalue weighted by atomic mass is 9.53. The van der Waals surface area contributed by atoms with E-state index in [-0.39, 0.29) is 30.2 Å². The zero-order chi connectivity index (χ0) is 13.7. The first-order chi connectivity index (χ1) is 9.65. The van der Waals surface area contributed by atoms with Crippen molar-refractivity contribution in [3.63, 3.8) is 0 Å². The predicted octanol–water partition coefficient (Wildman–Crippen LogP) is 2.81. The zero-order valence-corrected chi connectivity index (χ0v) is 12.5. The molecule has 4 fully saturated rings. The number of Topliss-reactive ketones (excluding diaryl/α,β-unsaturated/α-hetero) is 1. The molecular weight excluding hydrogens is 290 g/mol. The highest BCUT2D eigenvalue weighted by Gasteiger charge is 2.57. The number of hydrogen-bond acceptors (Lipinski definition) is 4. The van der Waals surface area contributed by atoms with Crippen molar-refractivity contribution in [1.82, 2.24) is 4.98 Å². The summed E-state index contributed by atoms with van der Waals surface area (Å²) >= 11 is 0. The molecule has 2 unspecified atom stereocenters. The lowest BCUT2D eigenvalue weighted by Gasteiger charge is -2.54. The molecule has 5 rings (SSSR count). The molecule has 0 saturated heterocycles. The van der Waals surface area contributed by atoms with Crippen LogP contribution in [-0.2, 0) is 9.53 Å². The van der Waals surface area contributed by atoms with E-state index in [1.165, 1.54) is 6.20 Å². The van der Waals surface area contributed by atoms with Crippen molar-refractivity contribution < 1.29 is 14.3 Å². The molecule has 5 heteroatoms. The molecule has 4 nitrogen and oxygen atoms in total. The number of esters is 1. The molecule has 2 atom stereocenters. The van der Waals surface area contributed by atoms with E-state index < -0.39 is 5.60 Å². The van der Waals surface area contributed by atoms with Crippen molar-refractivity contribution in [3.05, 3.63) is 30.1 Å². The Labute approximate surface area is 129 Å². The molecule has 0 aromatic carbocycles. The van der Waals surface area contributed by atoms with Gasteiger partial charge in [0, 0.05) is 24.2 Å². The van der Waals surface area contributed by atoms with Crippen LogP contribution in [0.3, 0.4) is 0 Å². The van der Waals surface area contributed by atoms with E-state index in [2.05, 4.69) is 4.98 Å². The van der Waals surface area contributed by atoms with E-state index in [1.54, 1.807) is 18.3 Å². The Bertz CT molecular complexity index is 556. The number of nitrogens with zero attached hydrogens (tertiary/aromatic N) is 1. The Morgan fingerprint density at radius 1 is 1.24 bits per heavy atom. The average molecular weight is 308 g/mol. The molecule has 21 heavy (non-hydrogen) atoms. The van der Waals surface area contributed by atoms with E-state index in [0.29, 0.717) is 17.3 Å². The first-order valence-corrected chi connectivity index (χ1v) is 7.32. The molecular formula is C16H18ClNO3. The van der Waals surface area contributed by atoms with Gasteiger partial charge in [0.2, 0.25) is 0 Å². The minimum absolute atomic E-state index is 0. The quantitative estimate of drug-likeness (QED) is 0.788. The molecule has 4 bridgehead atoms. The Morgan fingerprint density at radius 3 is 2.57 bits per heavy atom. The largest absolute Gasteiger partial charge is 0.455 e. The second kappa shape index (κ2) is 5.09. The number of hydrogen-bond donors (Lipinski definition) is 0. The van der Waals surface area contributed by atoms with E-state index in [9.17, 15) is 9.59 Å². The highest BCUT2D eigenvalue weighted by molar-refractivity contribution is 5.90. The average Bonchev–Trinajstić information content (AvgIpc) is 2.44. The maximum atomic E-state index is 12.3. The summed E-state index contributed by atoms with van der Waals surface area (Å²) in [4.78, 5) is 28.3. The summed E-state index contributed by atoms with van der Waals surface area (Å²) in [6, 6.07) is 3.46. The third-order valence-corrected chi connectivity index (χ3v) is 5.14. The van der Waals surface area contributed by atoms with Gasteiger partial charge in [0.05, 0.1) is 5.56 Å². The Morgan fingerprint density at radius 2 is 1.95 bits per heavy atom. The number of carbonyl (C=O) groups is 2. The lowest BCUT2D eigenvalue weighted by molar-refractivity contribution is -0.162. The monoisotopic (exact) mass is 307 g/mol. The van der Waals surface area contributed by atoms with Crippen molar-refractivity contribution in [3.8, 4) is 0 Å². The minimum atomic E-state index is -0.392. The second-order valence-corrected chi connectivity index (χ2v) is 6.56. The van der Waals surface area contributed by atoms with Gasteiger partial charge >= 0.3 is 5.97 Å². The van der Waals surface area contributed by atoms with E-state index in [1.807, 2.05) is 0 Å². The van der Waals surface area contributed by atoms with Crippen LogP contribution in [-0.4, -0.2) is 22.3 Å². The lowest BCUT2D eigenvalue weighted by Crippen LogP contribution is -2.56. The standard InChI is InChI=1S/C16H17NO3.ClH/c18-14-12-4-10-5-13(14)8-16(6-10,7-12)20-15(19)11-2-1-3-17-9-11;/h1-3,9-10,12-13H,4-8H2;1H. The molecule has 1 aromatic heterocycles. The number of rotatable bonds is 2. The van der Waals surface area contributed by atoms with Gasteiger partial charge in [0.25, 0.3) is 0 Å². The maximum Gasteiger partial charge on any atom is 0.340 e. The number of pyridine rings is 1. The van der Waals surface area contributed by atoms with Crippen LogP contribution in [0, 0.1) is 17.8 Å². The van der Waals surface area contributed by atoms with Crippen molar-refractivity contribution in [2.24, 2.45) is 17.8 Å². The summed E-state index contributed by atoms with van der Waals surface area (Å²) in [5.41, 5.74) is 0.103.